The van der Waals surface area contributed by atoms with Crippen molar-refractivity contribution in [1.29, 1.82) is 0 Å². The van der Waals surface area contributed by atoms with E-state index >= 15 is 0 Å². The first-order valence-electron chi connectivity index (χ1n) is 5.21. The van der Waals surface area contributed by atoms with Crippen molar-refractivity contribution >= 4 is 0 Å². The molecule has 0 radical (unpaired) electrons. The number of ether oxygens (including phenoxy) is 1. The van der Waals surface area contributed by atoms with Crippen molar-refractivity contribution in [1.82, 2.24) is 9.55 Å². The van der Waals surface area contributed by atoms with Gasteiger partial charge in [0.1, 0.15) is 11.6 Å². The molecule has 0 aliphatic rings. The zero-order valence-corrected chi connectivity index (χ0v) is 9.77. The third kappa shape index (κ3) is 2.01. The average Bonchev–Trinajstić information content (AvgIpc) is 2.70. The van der Waals surface area contributed by atoms with E-state index in [4.69, 9.17) is 10.5 Å². The molecule has 5 heteroatoms. The van der Waals surface area contributed by atoms with E-state index in [9.17, 15) is 4.39 Å². The predicted molar refractivity (Wildman–Crippen MR) is 63.0 cm³/mol. The number of aryl methyl sites for hydroxylation is 1. The minimum absolute atomic E-state index is 0.301. The molecule has 0 atom stereocenters. The van der Waals surface area contributed by atoms with Crippen LogP contribution in [0.2, 0.25) is 0 Å². The molecule has 0 aliphatic carbocycles. The molecule has 0 saturated heterocycles. The second kappa shape index (κ2) is 4.55. The lowest BCUT2D eigenvalue weighted by Gasteiger charge is -2.10. The van der Waals surface area contributed by atoms with Gasteiger partial charge in [0, 0.05) is 19.2 Å². The van der Waals surface area contributed by atoms with Gasteiger partial charge in [0.25, 0.3) is 0 Å². The van der Waals surface area contributed by atoms with Crippen LogP contribution in [0.15, 0.2) is 24.5 Å². The molecule has 1 heterocycles. The van der Waals surface area contributed by atoms with Gasteiger partial charge < -0.3 is 15.0 Å². The van der Waals surface area contributed by atoms with Crippen LogP contribution in [0.1, 0.15) is 5.69 Å². The smallest absolute Gasteiger partial charge is 0.128 e. The summed E-state index contributed by atoms with van der Waals surface area (Å²) in [6, 6.07) is 4.38. The SMILES string of the molecule is COc1ccc(F)cc1-c1c(CN)ncn1C. The summed E-state index contributed by atoms with van der Waals surface area (Å²) in [5.41, 5.74) is 7.78. The number of aromatic nitrogens is 2. The quantitative estimate of drug-likeness (QED) is 0.880. The summed E-state index contributed by atoms with van der Waals surface area (Å²) in [6.45, 7) is 0.301. The Morgan fingerprint density at radius 3 is 2.88 bits per heavy atom. The van der Waals surface area contributed by atoms with E-state index < -0.39 is 0 Å². The fourth-order valence-corrected chi connectivity index (χ4v) is 1.84. The van der Waals surface area contributed by atoms with Gasteiger partial charge in [-0.05, 0) is 18.2 Å². The minimum atomic E-state index is -0.315. The molecule has 2 aromatic rings. The topological polar surface area (TPSA) is 53.1 Å². The molecular formula is C12H14FN3O. The second-order valence-electron chi connectivity index (χ2n) is 3.70. The number of nitrogens with two attached hydrogens (primary N) is 1. The molecule has 17 heavy (non-hydrogen) atoms. The van der Waals surface area contributed by atoms with Crippen LogP contribution in [0, 0.1) is 5.82 Å². The van der Waals surface area contributed by atoms with Gasteiger partial charge in [-0.2, -0.15) is 0 Å². The van der Waals surface area contributed by atoms with Crippen molar-refractivity contribution in [3.05, 3.63) is 36.0 Å². The third-order valence-corrected chi connectivity index (χ3v) is 2.62. The van der Waals surface area contributed by atoms with Gasteiger partial charge in [-0.25, -0.2) is 9.37 Å². The van der Waals surface area contributed by atoms with Crippen LogP contribution in [0.5, 0.6) is 5.75 Å². The van der Waals surface area contributed by atoms with Gasteiger partial charge in [-0.1, -0.05) is 0 Å². The number of benzene rings is 1. The first-order valence-corrected chi connectivity index (χ1v) is 5.21. The maximum atomic E-state index is 13.3. The first kappa shape index (κ1) is 11.6. The zero-order chi connectivity index (χ0) is 12.4. The third-order valence-electron chi connectivity index (χ3n) is 2.62. The molecule has 0 saturated carbocycles. The minimum Gasteiger partial charge on any atom is -0.496 e. The number of nitrogens with zero attached hydrogens (tertiary/aromatic N) is 2. The molecule has 1 aromatic carbocycles. The van der Waals surface area contributed by atoms with Gasteiger partial charge >= 0.3 is 0 Å². The highest BCUT2D eigenvalue weighted by molar-refractivity contribution is 5.69. The van der Waals surface area contributed by atoms with Crippen molar-refractivity contribution < 1.29 is 9.13 Å². The molecule has 0 unspecified atom stereocenters. The Labute approximate surface area is 98.8 Å². The Balaban J connectivity index is 2.66. The fraction of sp³-hybridized carbons (Fsp3) is 0.250. The summed E-state index contributed by atoms with van der Waals surface area (Å²) in [7, 11) is 3.39. The van der Waals surface area contributed by atoms with Crippen LogP contribution in [0.25, 0.3) is 11.3 Å². The van der Waals surface area contributed by atoms with Gasteiger partial charge in [-0.15, -0.1) is 0 Å². The summed E-state index contributed by atoms with van der Waals surface area (Å²) in [4.78, 5) is 4.18. The Bertz CT molecular complexity index is 537. The van der Waals surface area contributed by atoms with Crippen molar-refractivity contribution in [2.24, 2.45) is 12.8 Å². The van der Waals surface area contributed by atoms with Gasteiger partial charge in [0.05, 0.1) is 24.8 Å². The Kier molecular flexibility index (Phi) is 3.10. The number of methoxy groups -OCH3 is 1. The lowest BCUT2D eigenvalue weighted by atomic mass is 10.1. The van der Waals surface area contributed by atoms with Crippen LogP contribution in [-0.2, 0) is 13.6 Å². The highest BCUT2D eigenvalue weighted by Crippen LogP contribution is 2.32. The summed E-state index contributed by atoms with van der Waals surface area (Å²) >= 11 is 0. The van der Waals surface area contributed by atoms with Crippen molar-refractivity contribution in [2.75, 3.05) is 7.11 Å². The normalized spacial score (nSPS) is 10.6. The van der Waals surface area contributed by atoms with Crippen molar-refractivity contribution in [2.45, 2.75) is 6.54 Å². The second-order valence-corrected chi connectivity index (χ2v) is 3.70. The van der Waals surface area contributed by atoms with E-state index in [1.807, 2.05) is 7.05 Å². The maximum Gasteiger partial charge on any atom is 0.128 e. The Morgan fingerprint density at radius 1 is 1.47 bits per heavy atom. The molecule has 4 nitrogen and oxygen atoms in total. The lowest BCUT2D eigenvalue weighted by Crippen LogP contribution is -2.02. The van der Waals surface area contributed by atoms with E-state index in [1.165, 1.54) is 12.1 Å². The van der Waals surface area contributed by atoms with E-state index in [1.54, 1.807) is 24.1 Å². The monoisotopic (exact) mass is 235 g/mol. The predicted octanol–water partition coefficient (Wildman–Crippen LogP) is 1.69. The van der Waals surface area contributed by atoms with Crippen molar-refractivity contribution in [3.63, 3.8) is 0 Å². The van der Waals surface area contributed by atoms with E-state index in [0.717, 1.165) is 11.4 Å². The molecule has 0 fully saturated rings. The molecule has 2 N–H and O–H groups in total. The van der Waals surface area contributed by atoms with Crippen LogP contribution in [0.4, 0.5) is 4.39 Å². The molecule has 0 amide bonds. The molecule has 2 rings (SSSR count). The van der Waals surface area contributed by atoms with Crippen LogP contribution in [0.3, 0.4) is 0 Å². The summed E-state index contributed by atoms with van der Waals surface area (Å²) in [5.74, 6) is 0.287. The molecular weight excluding hydrogens is 221 g/mol. The lowest BCUT2D eigenvalue weighted by molar-refractivity contribution is 0.415. The highest BCUT2D eigenvalue weighted by Gasteiger charge is 2.15. The van der Waals surface area contributed by atoms with E-state index in [-0.39, 0.29) is 5.82 Å². The number of halogens is 1. The van der Waals surface area contributed by atoms with Gasteiger partial charge in [-0.3, -0.25) is 0 Å². The van der Waals surface area contributed by atoms with E-state index in [0.29, 0.717) is 17.9 Å². The van der Waals surface area contributed by atoms with E-state index in [2.05, 4.69) is 4.98 Å². The van der Waals surface area contributed by atoms with Crippen LogP contribution < -0.4 is 10.5 Å². The van der Waals surface area contributed by atoms with Crippen LogP contribution in [-0.4, -0.2) is 16.7 Å². The molecule has 0 spiro atoms. The van der Waals surface area contributed by atoms with Gasteiger partial charge in [0.2, 0.25) is 0 Å². The average molecular weight is 235 g/mol. The maximum absolute atomic E-state index is 13.3. The summed E-state index contributed by atoms with van der Waals surface area (Å²) < 4.78 is 20.4. The molecule has 90 valence electrons. The first-order chi connectivity index (χ1) is 8.17. The number of rotatable bonds is 3. The Morgan fingerprint density at radius 2 is 2.24 bits per heavy atom. The fourth-order valence-electron chi connectivity index (χ4n) is 1.84. The molecule has 0 aliphatic heterocycles. The summed E-state index contributed by atoms with van der Waals surface area (Å²) in [6.07, 6.45) is 1.65. The highest BCUT2D eigenvalue weighted by atomic mass is 19.1. The molecule has 1 aromatic heterocycles. The number of imidazole rings is 1. The van der Waals surface area contributed by atoms with Crippen LogP contribution >= 0.6 is 0 Å². The molecule has 0 bridgehead atoms. The standard InChI is InChI=1S/C12H14FN3O/c1-16-7-15-10(6-14)12(16)9-5-8(13)3-4-11(9)17-2/h3-5,7H,6,14H2,1-2H3. The zero-order valence-electron chi connectivity index (χ0n) is 9.77. The van der Waals surface area contributed by atoms with Gasteiger partial charge in [0.15, 0.2) is 0 Å². The largest absolute Gasteiger partial charge is 0.496 e. The number of hydrogen-bond donors (Lipinski definition) is 1. The number of hydrogen-bond acceptors (Lipinski definition) is 3. The summed E-state index contributed by atoms with van der Waals surface area (Å²) in [5, 5.41) is 0. The van der Waals surface area contributed by atoms with Crippen molar-refractivity contribution in [3.8, 4) is 17.0 Å². The Hall–Kier alpha value is -1.88.